The zero-order valence-electron chi connectivity index (χ0n) is 11.3. The van der Waals surface area contributed by atoms with E-state index < -0.39 is 17.5 Å². The average molecular weight is 275 g/mol. The van der Waals surface area contributed by atoms with Crippen molar-refractivity contribution in [3.63, 3.8) is 0 Å². The Morgan fingerprint density at radius 2 is 1.55 bits per heavy atom. The number of amides is 1. The molecule has 0 bridgehead atoms. The van der Waals surface area contributed by atoms with Crippen molar-refractivity contribution in [2.45, 2.75) is 19.8 Å². The molecule has 0 unspecified atom stereocenters. The first kappa shape index (κ1) is 14.2. The molecule has 104 valence electrons. The summed E-state index contributed by atoms with van der Waals surface area (Å²) in [6, 6.07) is 10.0. The standard InChI is InChI=1S/C16H15F2NO/c1-10(2)11-3-5-12(6-4-11)16(20)19-15-8-13(17)7-14(18)9-15/h3-10H,1-2H3,(H,19,20). The van der Waals surface area contributed by atoms with Gasteiger partial charge in [0.1, 0.15) is 11.6 Å². The highest BCUT2D eigenvalue weighted by molar-refractivity contribution is 6.04. The molecule has 0 atom stereocenters. The van der Waals surface area contributed by atoms with Gasteiger partial charge in [-0.3, -0.25) is 4.79 Å². The molecule has 0 aliphatic rings. The van der Waals surface area contributed by atoms with Crippen LogP contribution in [0, 0.1) is 11.6 Å². The molecule has 1 amide bonds. The predicted octanol–water partition coefficient (Wildman–Crippen LogP) is 4.34. The van der Waals surface area contributed by atoms with Gasteiger partial charge in [0.15, 0.2) is 0 Å². The molecular weight excluding hydrogens is 260 g/mol. The first-order valence-electron chi connectivity index (χ1n) is 6.33. The Morgan fingerprint density at radius 1 is 1.00 bits per heavy atom. The summed E-state index contributed by atoms with van der Waals surface area (Å²) in [6.45, 7) is 4.12. The van der Waals surface area contributed by atoms with Gasteiger partial charge in [-0.25, -0.2) is 8.78 Å². The molecule has 0 spiro atoms. The zero-order valence-corrected chi connectivity index (χ0v) is 11.3. The molecule has 2 rings (SSSR count). The summed E-state index contributed by atoms with van der Waals surface area (Å²) in [7, 11) is 0. The number of anilines is 1. The van der Waals surface area contributed by atoms with Crippen LogP contribution in [0.15, 0.2) is 42.5 Å². The molecule has 0 radical (unpaired) electrons. The second-order valence-corrected chi connectivity index (χ2v) is 4.89. The van der Waals surface area contributed by atoms with Gasteiger partial charge in [0.2, 0.25) is 0 Å². The Morgan fingerprint density at radius 3 is 2.05 bits per heavy atom. The van der Waals surface area contributed by atoms with Crippen LogP contribution in [0.3, 0.4) is 0 Å². The van der Waals surface area contributed by atoms with E-state index in [4.69, 9.17) is 0 Å². The monoisotopic (exact) mass is 275 g/mol. The third-order valence-electron chi connectivity index (χ3n) is 2.96. The van der Waals surface area contributed by atoms with E-state index in [1.165, 1.54) is 0 Å². The fourth-order valence-corrected chi connectivity index (χ4v) is 1.85. The highest BCUT2D eigenvalue weighted by Gasteiger charge is 2.08. The second-order valence-electron chi connectivity index (χ2n) is 4.89. The Hall–Kier alpha value is -2.23. The van der Waals surface area contributed by atoms with Crippen LogP contribution in [0.2, 0.25) is 0 Å². The van der Waals surface area contributed by atoms with E-state index in [-0.39, 0.29) is 5.69 Å². The summed E-state index contributed by atoms with van der Waals surface area (Å²) in [6.07, 6.45) is 0. The first-order chi connectivity index (χ1) is 9.45. The molecule has 20 heavy (non-hydrogen) atoms. The van der Waals surface area contributed by atoms with Crippen molar-refractivity contribution in [1.82, 2.24) is 0 Å². The Labute approximate surface area is 116 Å². The molecule has 0 aliphatic carbocycles. The van der Waals surface area contributed by atoms with Gasteiger partial charge in [-0.2, -0.15) is 0 Å². The van der Waals surface area contributed by atoms with Gasteiger partial charge in [-0.15, -0.1) is 0 Å². The summed E-state index contributed by atoms with van der Waals surface area (Å²) in [5.74, 6) is -1.47. The third-order valence-corrected chi connectivity index (χ3v) is 2.96. The number of carbonyl (C=O) groups excluding carboxylic acids is 1. The molecule has 0 heterocycles. The Balaban J connectivity index is 2.15. The number of halogens is 2. The molecule has 2 nitrogen and oxygen atoms in total. The van der Waals surface area contributed by atoms with E-state index >= 15 is 0 Å². The fraction of sp³-hybridized carbons (Fsp3) is 0.188. The Kier molecular flexibility index (Phi) is 4.13. The summed E-state index contributed by atoms with van der Waals surface area (Å²) in [5.41, 5.74) is 1.66. The van der Waals surface area contributed by atoms with Crippen molar-refractivity contribution in [2.75, 3.05) is 5.32 Å². The number of benzene rings is 2. The molecule has 1 N–H and O–H groups in total. The van der Waals surface area contributed by atoms with Crippen LogP contribution in [0.1, 0.15) is 35.7 Å². The van der Waals surface area contributed by atoms with Gasteiger partial charge in [0, 0.05) is 17.3 Å². The number of hydrogen-bond donors (Lipinski definition) is 1. The van der Waals surface area contributed by atoms with Crippen LogP contribution < -0.4 is 5.32 Å². The van der Waals surface area contributed by atoms with Crippen LogP contribution >= 0.6 is 0 Å². The van der Waals surface area contributed by atoms with E-state index in [0.717, 1.165) is 23.8 Å². The quantitative estimate of drug-likeness (QED) is 0.887. The lowest BCUT2D eigenvalue weighted by atomic mass is 10.0. The number of rotatable bonds is 3. The minimum atomic E-state index is -0.726. The average Bonchev–Trinajstić information content (AvgIpc) is 2.37. The van der Waals surface area contributed by atoms with Crippen LogP contribution in [0.25, 0.3) is 0 Å². The molecule has 0 fully saturated rings. The Bertz CT molecular complexity index is 601. The maximum absolute atomic E-state index is 13.0. The van der Waals surface area contributed by atoms with Crippen LogP contribution in [0.4, 0.5) is 14.5 Å². The van der Waals surface area contributed by atoms with Gasteiger partial charge < -0.3 is 5.32 Å². The van der Waals surface area contributed by atoms with Crippen molar-refractivity contribution in [3.05, 3.63) is 65.2 Å². The minimum Gasteiger partial charge on any atom is -0.322 e. The van der Waals surface area contributed by atoms with E-state index in [1.54, 1.807) is 12.1 Å². The molecule has 2 aromatic rings. The molecule has 0 aromatic heterocycles. The van der Waals surface area contributed by atoms with E-state index in [1.807, 2.05) is 12.1 Å². The van der Waals surface area contributed by atoms with Gasteiger partial charge in [-0.05, 0) is 35.7 Å². The predicted molar refractivity (Wildman–Crippen MR) is 74.8 cm³/mol. The maximum Gasteiger partial charge on any atom is 0.255 e. The SMILES string of the molecule is CC(C)c1ccc(C(=O)Nc2cc(F)cc(F)c2)cc1. The molecule has 2 aromatic carbocycles. The second kappa shape index (κ2) is 5.82. The highest BCUT2D eigenvalue weighted by Crippen LogP contribution is 2.17. The van der Waals surface area contributed by atoms with Crippen LogP contribution in [-0.4, -0.2) is 5.91 Å². The summed E-state index contributed by atoms with van der Waals surface area (Å²) >= 11 is 0. The van der Waals surface area contributed by atoms with Gasteiger partial charge in [0.05, 0.1) is 0 Å². The summed E-state index contributed by atoms with van der Waals surface area (Å²) < 4.78 is 26.1. The molecular formula is C16H15F2NO. The van der Waals surface area contributed by atoms with Crippen molar-refractivity contribution < 1.29 is 13.6 Å². The van der Waals surface area contributed by atoms with E-state index in [9.17, 15) is 13.6 Å². The van der Waals surface area contributed by atoms with Gasteiger partial charge >= 0.3 is 0 Å². The number of carbonyl (C=O) groups is 1. The molecule has 0 saturated carbocycles. The van der Waals surface area contributed by atoms with Crippen molar-refractivity contribution >= 4 is 11.6 Å². The number of hydrogen-bond acceptors (Lipinski definition) is 1. The maximum atomic E-state index is 13.0. The van der Waals surface area contributed by atoms with E-state index in [0.29, 0.717) is 11.5 Å². The first-order valence-corrected chi connectivity index (χ1v) is 6.33. The van der Waals surface area contributed by atoms with E-state index in [2.05, 4.69) is 19.2 Å². The normalized spacial score (nSPS) is 10.7. The van der Waals surface area contributed by atoms with Crippen molar-refractivity contribution in [3.8, 4) is 0 Å². The minimum absolute atomic E-state index is 0.0976. The molecule has 0 saturated heterocycles. The third kappa shape index (κ3) is 3.41. The molecule has 0 aliphatic heterocycles. The summed E-state index contributed by atoms with van der Waals surface area (Å²) in [5, 5.41) is 2.47. The van der Waals surface area contributed by atoms with Gasteiger partial charge in [0.25, 0.3) is 5.91 Å². The van der Waals surface area contributed by atoms with Crippen molar-refractivity contribution in [1.29, 1.82) is 0 Å². The van der Waals surface area contributed by atoms with Gasteiger partial charge in [-0.1, -0.05) is 26.0 Å². The lowest BCUT2D eigenvalue weighted by Crippen LogP contribution is -2.12. The van der Waals surface area contributed by atoms with Crippen LogP contribution in [-0.2, 0) is 0 Å². The topological polar surface area (TPSA) is 29.1 Å². The molecule has 4 heteroatoms. The fourth-order valence-electron chi connectivity index (χ4n) is 1.85. The largest absolute Gasteiger partial charge is 0.322 e. The number of nitrogens with one attached hydrogen (secondary N) is 1. The van der Waals surface area contributed by atoms with Crippen molar-refractivity contribution in [2.24, 2.45) is 0 Å². The zero-order chi connectivity index (χ0) is 14.7. The lowest BCUT2D eigenvalue weighted by Gasteiger charge is -2.08. The smallest absolute Gasteiger partial charge is 0.255 e. The summed E-state index contributed by atoms with van der Waals surface area (Å²) in [4.78, 5) is 12.0. The lowest BCUT2D eigenvalue weighted by molar-refractivity contribution is 0.102. The highest BCUT2D eigenvalue weighted by atomic mass is 19.1. The van der Waals surface area contributed by atoms with Crippen LogP contribution in [0.5, 0.6) is 0 Å².